The summed E-state index contributed by atoms with van der Waals surface area (Å²) in [5, 5.41) is 10.7. The molecule has 0 aliphatic carbocycles. The first-order chi connectivity index (χ1) is 9.86. The number of sulfonamides is 1. The van der Waals surface area contributed by atoms with Gasteiger partial charge in [0.1, 0.15) is 9.77 Å². The minimum Gasteiger partial charge on any atom is -0.477 e. The first-order valence-corrected chi connectivity index (χ1v) is 8.65. The Morgan fingerprint density at radius 3 is 2.62 bits per heavy atom. The number of para-hydroxylation sites is 1. The van der Waals surface area contributed by atoms with Crippen LogP contribution in [0.5, 0.6) is 0 Å². The summed E-state index contributed by atoms with van der Waals surface area (Å²) in [5.41, 5.74) is 1.76. The molecule has 0 bridgehead atoms. The van der Waals surface area contributed by atoms with E-state index in [0.29, 0.717) is 17.7 Å². The molecule has 0 saturated heterocycles. The zero-order valence-electron chi connectivity index (χ0n) is 11.6. The number of hydrogen-bond donors (Lipinski definition) is 2. The van der Waals surface area contributed by atoms with Gasteiger partial charge in [0.15, 0.2) is 0 Å². The first-order valence-electron chi connectivity index (χ1n) is 6.29. The van der Waals surface area contributed by atoms with Crippen molar-refractivity contribution in [3.63, 3.8) is 0 Å². The maximum atomic E-state index is 12.5. The highest BCUT2D eigenvalue weighted by atomic mass is 32.2. The molecule has 0 atom stereocenters. The third-order valence-electron chi connectivity index (χ3n) is 3.02. The van der Waals surface area contributed by atoms with Crippen LogP contribution in [-0.2, 0) is 16.4 Å². The molecule has 0 fully saturated rings. The molecule has 0 aliphatic rings. The van der Waals surface area contributed by atoms with Crippen molar-refractivity contribution in [2.24, 2.45) is 0 Å². The van der Waals surface area contributed by atoms with E-state index < -0.39 is 16.0 Å². The summed E-state index contributed by atoms with van der Waals surface area (Å²) in [4.78, 5) is 10.8. The zero-order chi connectivity index (χ0) is 15.6. The summed E-state index contributed by atoms with van der Waals surface area (Å²) in [5.74, 6) is -1.24. The van der Waals surface area contributed by atoms with Crippen LogP contribution in [0.2, 0.25) is 0 Å². The van der Waals surface area contributed by atoms with Gasteiger partial charge in [-0.25, -0.2) is 13.2 Å². The van der Waals surface area contributed by atoms with Crippen molar-refractivity contribution in [1.29, 1.82) is 0 Å². The molecule has 0 radical (unpaired) electrons. The Hall–Kier alpha value is -1.86. The lowest BCUT2D eigenvalue weighted by Crippen LogP contribution is -2.17. The van der Waals surface area contributed by atoms with E-state index in [-0.39, 0.29) is 9.77 Å². The van der Waals surface area contributed by atoms with E-state index >= 15 is 0 Å². The van der Waals surface area contributed by atoms with Crippen LogP contribution < -0.4 is 4.72 Å². The van der Waals surface area contributed by atoms with Crippen molar-refractivity contribution in [2.45, 2.75) is 25.2 Å². The van der Waals surface area contributed by atoms with Gasteiger partial charge in [0.05, 0.1) is 5.69 Å². The fourth-order valence-electron chi connectivity index (χ4n) is 2.04. The van der Waals surface area contributed by atoms with E-state index in [1.807, 2.05) is 19.1 Å². The van der Waals surface area contributed by atoms with Crippen molar-refractivity contribution in [1.82, 2.24) is 0 Å². The molecular weight excluding hydrogens is 310 g/mol. The Balaban J connectivity index is 2.49. The van der Waals surface area contributed by atoms with Gasteiger partial charge in [0.2, 0.25) is 0 Å². The molecule has 21 heavy (non-hydrogen) atoms. The molecule has 1 heterocycles. The predicted octanol–water partition coefficient (Wildman–Crippen LogP) is 3.12. The lowest BCUT2D eigenvalue weighted by molar-refractivity contribution is 0.0698. The maximum Gasteiger partial charge on any atom is 0.347 e. The standard InChI is InChI=1S/C14H15NO4S2/c1-3-10-6-4-5-7-11(10)15-21(18,19)13-9(2)8-20-12(13)14(16)17/h4-8,15H,3H2,1-2H3,(H,16,17). The van der Waals surface area contributed by atoms with Gasteiger partial charge in [-0.15, -0.1) is 11.3 Å². The maximum absolute atomic E-state index is 12.5. The number of nitrogens with one attached hydrogen (secondary N) is 1. The highest BCUT2D eigenvalue weighted by Crippen LogP contribution is 2.29. The molecule has 0 saturated carbocycles. The molecule has 0 amide bonds. The highest BCUT2D eigenvalue weighted by molar-refractivity contribution is 7.93. The first kappa shape index (κ1) is 15.5. The molecule has 1 aromatic carbocycles. The largest absolute Gasteiger partial charge is 0.477 e. The molecule has 2 rings (SSSR count). The van der Waals surface area contributed by atoms with Gasteiger partial charge in [-0.05, 0) is 35.9 Å². The van der Waals surface area contributed by atoms with Crippen molar-refractivity contribution in [3.05, 3.63) is 45.6 Å². The third kappa shape index (κ3) is 3.08. The Kier molecular flexibility index (Phi) is 4.34. The number of aryl methyl sites for hydroxylation is 2. The van der Waals surface area contributed by atoms with Crippen LogP contribution in [0.4, 0.5) is 5.69 Å². The number of benzene rings is 1. The van der Waals surface area contributed by atoms with E-state index in [2.05, 4.69) is 4.72 Å². The molecule has 0 aliphatic heterocycles. The Bertz CT molecular complexity index is 778. The second kappa shape index (κ2) is 5.87. The quantitative estimate of drug-likeness (QED) is 0.884. The number of hydrogen-bond acceptors (Lipinski definition) is 4. The van der Waals surface area contributed by atoms with Crippen LogP contribution in [-0.4, -0.2) is 19.5 Å². The molecule has 1 aromatic heterocycles. The molecular formula is C14H15NO4S2. The minimum absolute atomic E-state index is 0.161. The number of rotatable bonds is 5. The van der Waals surface area contributed by atoms with Gasteiger partial charge in [-0.2, -0.15) is 0 Å². The molecule has 2 N–H and O–H groups in total. The summed E-state index contributed by atoms with van der Waals surface area (Å²) in [6.07, 6.45) is 0.674. The van der Waals surface area contributed by atoms with Crippen LogP contribution in [0.1, 0.15) is 27.7 Å². The Morgan fingerprint density at radius 2 is 2.00 bits per heavy atom. The van der Waals surface area contributed by atoms with E-state index in [1.165, 1.54) is 5.38 Å². The molecule has 0 spiro atoms. The fraction of sp³-hybridized carbons (Fsp3) is 0.214. The van der Waals surface area contributed by atoms with E-state index in [1.54, 1.807) is 19.1 Å². The SMILES string of the molecule is CCc1ccccc1NS(=O)(=O)c1c(C)csc1C(=O)O. The van der Waals surface area contributed by atoms with Crippen LogP contribution in [0.3, 0.4) is 0 Å². The predicted molar refractivity (Wildman–Crippen MR) is 82.6 cm³/mol. The summed E-state index contributed by atoms with van der Waals surface area (Å²) in [6, 6.07) is 7.06. The summed E-state index contributed by atoms with van der Waals surface area (Å²) in [6.45, 7) is 3.51. The molecule has 2 aromatic rings. The van der Waals surface area contributed by atoms with Gasteiger partial charge < -0.3 is 5.11 Å². The summed E-state index contributed by atoms with van der Waals surface area (Å²) in [7, 11) is -3.93. The number of carbonyl (C=O) groups is 1. The number of thiophene rings is 1. The highest BCUT2D eigenvalue weighted by Gasteiger charge is 2.27. The molecule has 0 unspecified atom stereocenters. The van der Waals surface area contributed by atoms with Crippen molar-refractivity contribution in [3.8, 4) is 0 Å². The van der Waals surface area contributed by atoms with Gasteiger partial charge in [-0.1, -0.05) is 25.1 Å². The third-order valence-corrected chi connectivity index (χ3v) is 5.79. The average Bonchev–Trinajstić information content (AvgIpc) is 2.82. The lowest BCUT2D eigenvalue weighted by atomic mass is 10.1. The fourth-order valence-corrected chi connectivity index (χ4v) is 4.77. The van der Waals surface area contributed by atoms with Gasteiger partial charge >= 0.3 is 5.97 Å². The minimum atomic E-state index is -3.93. The van der Waals surface area contributed by atoms with Crippen LogP contribution in [0, 0.1) is 6.92 Å². The number of aromatic carboxylic acids is 1. The Morgan fingerprint density at radius 1 is 1.33 bits per heavy atom. The zero-order valence-corrected chi connectivity index (χ0v) is 13.2. The number of anilines is 1. The topological polar surface area (TPSA) is 83.5 Å². The second-order valence-electron chi connectivity index (χ2n) is 4.50. The molecule has 7 heteroatoms. The van der Waals surface area contributed by atoms with Crippen LogP contribution in [0.25, 0.3) is 0 Å². The second-order valence-corrected chi connectivity index (χ2v) is 7.00. The van der Waals surface area contributed by atoms with Crippen LogP contribution >= 0.6 is 11.3 Å². The van der Waals surface area contributed by atoms with E-state index in [0.717, 1.165) is 16.9 Å². The van der Waals surface area contributed by atoms with Crippen molar-refractivity contribution < 1.29 is 18.3 Å². The smallest absolute Gasteiger partial charge is 0.347 e. The van der Waals surface area contributed by atoms with Gasteiger partial charge in [0.25, 0.3) is 10.0 Å². The number of carboxylic acids is 1. The summed E-state index contributed by atoms with van der Waals surface area (Å²) < 4.78 is 27.5. The molecule has 5 nitrogen and oxygen atoms in total. The Labute approximate surface area is 127 Å². The van der Waals surface area contributed by atoms with Gasteiger partial charge in [-0.3, -0.25) is 4.72 Å². The van der Waals surface area contributed by atoms with E-state index in [4.69, 9.17) is 5.11 Å². The molecule has 112 valence electrons. The van der Waals surface area contributed by atoms with Gasteiger partial charge in [0, 0.05) is 0 Å². The van der Waals surface area contributed by atoms with Crippen molar-refractivity contribution in [2.75, 3.05) is 4.72 Å². The summed E-state index contributed by atoms with van der Waals surface area (Å²) >= 11 is 0.913. The van der Waals surface area contributed by atoms with Crippen molar-refractivity contribution >= 4 is 33.0 Å². The van der Waals surface area contributed by atoms with Crippen LogP contribution in [0.15, 0.2) is 34.5 Å². The monoisotopic (exact) mass is 325 g/mol. The van der Waals surface area contributed by atoms with E-state index in [9.17, 15) is 13.2 Å². The average molecular weight is 325 g/mol. The number of carboxylic acid groups (broad SMARTS) is 1. The lowest BCUT2D eigenvalue weighted by Gasteiger charge is -2.12. The normalized spacial score (nSPS) is 11.3.